The van der Waals surface area contributed by atoms with E-state index in [1.54, 1.807) is 0 Å². The van der Waals surface area contributed by atoms with Crippen LogP contribution in [0.25, 0.3) is 154 Å². The maximum atomic E-state index is 2.40. The lowest BCUT2D eigenvalue weighted by atomic mass is 9.84. The summed E-state index contributed by atoms with van der Waals surface area (Å²) in [5, 5.41) is 15.1. The highest BCUT2D eigenvalue weighted by atomic mass is 15.2. The first-order valence-corrected chi connectivity index (χ1v) is 53.3. The predicted molar refractivity (Wildman–Crippen MR) is 629 cm³/mol. The lowest BCUT2D eigenvalue weighted by molar-refractivity contribution is 0.443. The molecule has 3 aliphatic carbocycles. The van der Waals surface area contributed by atoms with Crippen LogP contribution in [0.1, 0.15) is 131 Å². The number of anilines is 9. The fourth-order valence-electron chi connectivity index (χ4n) is 23.1. The number of fused-ring (bicyclic) bond motifs is 6. The van der Waals surface area contributed by atoms with E-state index in [-0.39, 0.29) is 0 Å². The van der Waals surface area contributed by atoms with Gasteiger partial charge >= 0.3 is 0 Å². The molecule has 0 aliphatic heterocycles. The van der Waals surface area contributed by atoms with Gasteiger partial charge in [0.25, 0.3) is 0 Å². The minimum atomic E-state index is 0.691. The molecule has 0 unspecified atom stereocenters. The standard InChI is InChI=1S/2C50H41N.C44H37N/c1-3-9-36(10-4-1)39-21-27-48(28-22-39)51(49-29-23-40(24-30-49)37-11-5-2-6-12-37)50-31-25-41(26-32-50)44-18-16-42-17-20-46(35-47(42)34-44)45-19-15-38-13-7-8-14-43(38)33-45;1-3-9-36(10-4-1)39-21-27-48(28-22-39)51(49-29-23-40(24-30-49)37-11-5-2-6-12-37)50-31-25-41(26-32-50)43-17-18-46-35-47(20-19-45(46)34-43)44-16-15-38-13-7-8-14-42(38)33-44;1-3-9-32(10-4-1)35-19-24-42(25-20-35)45(43-26-21-36(22-27-43)33-11-5-2-6-12-33)44-28-23-40-30-39(17-18-41(40)31-44)38-16-15-34-13-7-8-14-37(34)29-38/h2*1,3-4,7-10,13-35,37H,2,5-6,11-12H2;1,3-4,7-10,13-31,33H,2,5-6,11-12H2. The van der Waals surface area contributed by atoms with Gasteiger partial charge in [-0.1, -0.05) is 422 Å². The van der Waals surface area contributed by atoms with E-state index in [0.717, 1.165) is 28.4 Å². The third kappa shape index (κ3) is 20.7. The Morgan fingerprint density at radius 3 is 0.524 bits per heavy atom. The second-order valence-corrected chi connectivity index (χ2v) is 40.6. The topological polar surface area (TPSA) is 9.72 Å². The van der Waals surface area contributed by atoms with Gasteiger partial charge in [-0.3, -0.25) is 0 Å². The van der Waals surface area contributed by atoms with Crippen molar-refractivity contribution in [1.29, 1.82) is 0 Å². The average molecular weight is 1890 g/mol. The minimum absolute atomic E-state index is 0.691. The third-order valence-corrected chi connectivity index (χ3v) is 31.3. The normalized spacial score (nSPS) is 13.5. The van der Waals surface area contributed by atoms with Crippen LogP contribution in [0.4, 0.5) is 51.2 Å². The van der Waals surface area contributed by atoms with Gasteiger partial charge in [0, 0.05) is 51.2 Å². The molecule has 0 radical (unpaired) electrons. The zero-order valence-corrected chi connectivity index (χ0v) is 83.3. The molecule has 0 heterocycles. The van der Waals surface area contributed by atoms with Crippen molar-refractivity contribution < 1.29 is 0 Å². The van der Waals surface area contributed by atoms with Crippen LogP contribution in [0.2, 0.25) is 0 Å². The first kappa shape index (κ1) is 92.4. The Morgan fingerprint density at radius 2 is 0.265 bits per heavy atom. The molecule has 0 saturated heterocycles. The molecular weight excluding hydrogens is 1770 g/mol. The highest BCUT2D eigenvalue weighted by Gasteiger charge is 2.24. The van der Waals surface area contributed by atoms with Crippen molar-refractivity contribution in [2.24, 2.45) is 0 Å². The number of hydrogen-bond donors (Lipinski definition) is 0. The average Bonchev–Trinajstić information content (AvgIpc) is 0.780. The molecule has 147 heavy (non-hydrogen) atoms. The zero-order chi connectivity index (χ0) is 98.0. The Kier molecular flexibility index (Phi) is 27.0. The summed E-state index contributed by atoms with van der Waals surface area (Å²) >= 11 is 0. The molecule has 3 heteroatoms. The first-order chi connectivity index (χ1) is 72.8. The van der Waals surface area contributed by atoms with Gasteiger partial charge < -0.3 is 14.7 Å². The van der Waals surface area contributed by atoms with Crippen LogP contribution in [0.5, 0.6) is 0 Å². The van der Waals surface area contributed by atoms with Crippen LogP contribution in [-0.4, -0.2) is 0 Å². The molecule has 23 aromatic rings. The molecule has 0 spiro atoms. The quantitative estimate of drug-likeness (QED) is 0.0753. The molecule has 0 atom stereocenters. The summed E-state index contributed by atoms with van der Waals surface area (Å²) < 4.78 is 0. The highest BCUT2D eigenvalue weighted by Crippen LogP contribution is 2.47. The Hall–Kier alpha value is -17.0. The fourth-order valence-corrected chi connectivity index (χ4v) is 23.1. The second-order valence-electron chi connectivity index (χ2n) is 40.6. The maximum absolute atomic E-state index is 2.40. The Bertz CT molecular complexity index is 8500. The third-order valence-electron chi connectivity index (χ3n) is 31.3. The van der Waals surface area contributed by atoms with Gasteiger partial charge in [0.2, 0.25) is 0 Å². The summed E-state index contributed by atoms with van der Waals surface area (Å²) in [6.07, 6.45) is 20.1. The van der Waals surface area contributed by atoms with Crippen molar-refractivity contribution in [1.82, 2.24) is 0 Å². The van der Waals surface area contributed by atoms with Crippen LogP contribution in [0.3, 0.4) is 0 Å². The molecule has 0 N–H and O–H groups in total. The van der Waals surface area contributed by atoms with Crippen molar-refractivity contribution in [2.45, 2.75) is 114 Å². The Morgan fingerprint density at radius 1 is 0.109 bits per heavy atom. The summed E-state index contributed by atoms with van der Waals surface area (Å²) in [6.45, 7) is 0. The van der Waals surface area contributed by atoms with Gasteiger partial charge in [0.15, 0.2) is 0 Å². The van der Waals surface area contributed by atoms with Crippen molar-refractivity contribution in [3.8, 4) is 89.0 Å². The number of nitrogens with zero attached hydrogens (tertiary/aromatic N) is 3. The van der Waals surface area contributed by atoms with Gasteiger partial charge in [-0.2, -0.15) is 0 Å². The van der Waals surface area contributed by atoms with E-state index < -0.39 is 0 Å². The Labute approximate surface area is 865 Å². The molecule has 3 saturated carbocycles. The molecule has 26 rings (SSSR count). The highest BCUT2D eigenvalue weighted by molar-refractivity contribution is 5.99. The molecule has 0 bridgehead atoms. The van der Waals surface area contributed by atoms with E-state index in [0.29, 0.717) is 17.8 Å². The van der Waals surface area contributed by atoms with E-state index in [1.807, 2.05) is 0 Å². The van der Waals surface area contributed by atoms with Gasteiger partial charge in [0.05, 0.1) is 0 Å². The maximum Gasteiger partial charge on any atom is 0.0468 e. The lowest BCUT2D eigenvalue weighted by Gasteiger charge is -2.27. The number of rotatable bonds is 20. The molecule has 710 valence electrons. The SMILES string of the molecule is c1ccc(-c2ccc(N(c3ccc(-c4ccc5cc(-c6ccc7ccccc7c6)ccc5c4)cc3)c3ccc(C4CCCCC4)cc3)cc2)cc1.c1ccc(-c2ccc(N(c3ccc(-c4ccc5ccc(-c6ccc7ccccc7c6)cc5c4)cc3)c3ccc(C4CCCCC4)cc3)cc2)cc1.c1ccc(-c2ccc(N(c3ccc(C4CCCCC4)cc3)c3ccc4cc(-c5ccc6ccccc6c5)ccc4c3)cc2)cc1. The van der Waals surface area contributed by atoms with Crippen LogP contribution in [0.15, 0.2) is 522 Å². The van der Waals surface area contributed by atoms with Crippen molar-refractivity contribution >= 4 is 116 Å². The van der Waals surface area contributed by atoms with Crippen molar-refractivity contribution in [3.63, 3.8) is 0 Å². The zero-order valence-electron chi connectivity index (χ0n) is 83.3. The summed E-state index contributed by atoms with van der Waals surface area (Å²) in [5.41, 5.74) is 34.7. The van der Waals surface area contributed by atoms with Crippen molar-refractivity contribution in [3.05, 3.63) is 538 Å². The summed E-state index contributed by atoms with van der Waals surface area (Å²) in [7, 11) is 0. The van der Waals surface area contributed by atoms with E-state index in [1.165, 1.54) is 289 Å². The second kappa shape index (κ2) is 42.9. The lowest BCUT2D eigenvalue weighted by Crippen LogP contribution is -2.10. The number of benzene rings is 23. The summed E-state index contributed by atoms with van der Waals surface area (Å²) in [6, 6.07) is 192. The molecule has 23 aromatic carbocycles. The minimum Gasteiger partial charge on any atom is -0.311 e. The van der Waals surface area contributed by atoms with Crippen LogP contribution >= 0.6 is 0 Å². The summed E-state index contributed by atoms with van der Waals surface area (Å²) in [4.78, 5) is 7.17. The van der Waals surface area contributed by atoms with Crippen LogP contribution in [0, 0.1) is 0 Å². The van der Waals surface area contributed by atoms with Gasteiger partial charge in [0.1, 0.15) is 0 Å². The van der Waals surface area contributed by atoms with E-state index in [4.69, 9.17) is 0 Å². The Balaban J connectivity index is 0.000000118. The smallest absolute Gasteiger partial charge is 0.0468 e. The van der Waals surface area contributed by atoms with Gasteiger partial charge in [-0.05, 0) is 384 Å². The van der Waals surface area contributed by atoms with Crippen LogP contribution in [-0.2, 0) is 0 Å². The van der Waals surface area contributed by atoms with E-state index in [2.05, 4.69) is 536 Å². The predicted octanol–water partition coefficient (Wildman–Crippen LogP) is 41.9. The molecular formula is C144H119N3. The van der Waals surface area contributed by atoms with Crippen molar-refractivity contribution in [2.75, 3.05) is 14.7 Å². The largest absolute Gasteiger partial charge is 0.311 e. The van der Waals surface area contributed by atoms with Gasteiger partial charge in [-0.25, -0.2) is 0 Å². The van der Waals surface area contributed by atoms with Gasteiger partial charge in [-0.15, -0.1) is 0 Å². The van der Waals surface area contributed by atoms with Crippen LogP contribution < -0.4 is 14.7 Å². The molecule has 0 amide bonds. The molecule has 3 aliphatic rings. The number of hydrogen-bond acceptors (Lipinski definition) is 3. The summed E-state index contributed by atoms with van der Waals surface area (Å²) in [5.74, 6) is 2.08. The molecule has 3 fully saturated rings. The van der Waals surface area contributed by atoms with E-state index >= 15 is 0 Å². The van der Waals surface area contributed by atoms with E-state index in [9.17, 15) is 0 Å². The monoisotopic (exact) mass is 1890 g/mol. The first-order valence-electron chi connectivity index (χ1n) is 53.3. The molecule has 0 aromatic heterocycles. The fraction of sp³-hybridized carbons (Fsp3) is 0.125. The molecule has 3 nitrogen and oxygen atoms in total.